The Morgan fingerprint density at radius 3 is 2.78 bits per heavy atom. The lowest BCUT2D eigenvalue weighted by Crippen LogP contribution is -2.29. The third-order valence-corrected chi connectivity index (χ3v) is 4.65. The van der Waals surface area contributed by atoms with Gasteiger partial charge in [0.15, 0.2) is 0 Å². The van der Waals surface area contributed by atoms with Crippen molar-refractivity contribution in [3.63, 3.8) is 0 Å². The third kappa shape index (κ3) is 3.42. The van der Waals surface area contributed by atoms with Gasteiger partial charge in [0.2, 0.25) is 0 Å². The van der Waals surface area contributed by atoms with Gasteiger partial charge >= 0.3 is 0 Å². The van der Waals surface area contributed by atoms with Crippen LogP contribution in [0.25, 0.3) is 10.9 Å². The van der Waals surface area contributed by atoms with E-state index in [9.17, 15) is 10.2 Å². The van der Waals surface area contributed by atoms with Crippen molar-refractivity contribution in [2.75, 3.05) is 6.54 Å². The van der Waals surface area contributed by atoms with Crippen LogP contribution in [0.5, 0.6) is 0 Å². The topological polar surface area (TPSA) is 82.3 Å². The molecule has 0 saturated heterocycles. The minimum Gasteiger partial charge on any atom is -0.388 e. The van der Waals surface area contributed by atoms with E-state index in [0.29, 0.717) is 13.0 Å². The van der Waals surface area contributed by atoms with Gasteiger partial charge in [0, 0.05) is 28.2 Å². The van der Waals surface area contributed by atoms with Crippen LogP contribution < -0.4 is 5.73 Å². The number of H-pyrrole nitrogens is 1. The molecule has 0 amide bonds. The number of fused-ring (bicyclic) bond motifs is 1. The van der Waals surface area contributed by atoms with E-state index in [4.69, 9.17) is 5.73 Å². The first-order chi connectivity index (χ1) is 11.1. The van der Waals surface area contributed by atoms with E-state index in [2.05, 4.69) is 16.8 Å². The minimum absolute atomic E-state index is 0.432. The van der Waals surface area contributed by atoms with Gasteiger partial charge in [0.05, 0.1) is 6.10 Å². The van der Waals surface area contributed by atoms with Crippen LogP contribution in [0.15, 0.2) is 24.4 Å². The van der Waals surface area contributed by atoms with E-state index in [1.165, 1.54) is 6.42 Å². The fourth-order valence-corrected chi connectivity index (χ4v) is 3.34. The van der Waals surface area contributed by atoms with Crippen LogP contribution in [0.2, 0.25) is 0 Å². The quantitative estimate of drug-likeness (QED) is 0.658. The number of aromatic amines is 1. The van der Waals surface area contributed by atoms with Crippen LogP contribution in [-0.4, -0.2) is 27.3 Å². The van der Waals surface area contributed by atoms with E-state index in [-0.39, 0.29) is 0 Å². The van der Waals surface area contributed by atoms with Gasteiger partial charge in [0.25, 0.3) is 0 Å². The van der Waals surface area contributed by atoms with Crippen molar-refractivity contribution < 1.29 is 10.2 Å². The van der Waals surface area contributed by atoms with Crippen molar-refractivity contribution in [3.05, 3.63) is 35.5 Å². The molecule has 1 aliphatic rings. The van der Waals surface area contributed by atoms with Crippen LogP contribution in [0.1, 0.15) is 55.8 Å². The summed E-state index contributed by atoms with van der Waals surface area (Å²) in [5.74, 6) is 6.24. The molecule has 1 aromatic carbocycles. The summed E-state index contributed by atoms with van der Waals surface area (Å²) in [6, 6.07) is 5.84. The number of aromatic nitrogens is 1. The van der Waals surface area contributed by atoms with Crippen molar-refractivity contribution in [2.24, 2.45) is 5.73 Å². The fourth-order valence-electron chi connectivity index (χ4n) is 3.34. The Morgan fingerprint density at radius 2 is 2.04 bits per heavy atom. The normalized spacial score (nSPS) is 18.4. The van der Waals surface area contributed by atoms with E-state index < -0.39 is 11.7 Å². The first-order valence-corrected chi connectivity index (χ1v) is 8.37. The van der Waals surface area contributed by atoms with Gasteiger partial charge in [0.1, 0.15) is 5.60 Å². The van der Waals surface area contributed by atoms with Gasteiger partial charge in [-0.15, -0.1) is 0 Å². The van der Waals surface area contributed by atoms with Crippen LogP contribution in [0, 0.1) is 11.8 Å². The molecule has 23 heavy (non-hydrogen) atoms. The lowest BCUT2D eigenvalue weighted by atomic mass is 9.85. The maximum Gasteiger partial charge on any atom is 0.125 e. The second-order valence-corrected chi connectivity index (χ2v) is 6.41. The molecule has 5 N–H and O–H groups in total. The summed E-state index contributed by atoms with van der Waals surface area (Å²) in [7, 11) is 0. The molecule has 2 aromatic rings. The summed E-state index contributed by atoms with van der Waals surface area (Å²) in [4.78, 5) is 3.18. The van der Waals surface area contributed by atoms with Crippen molar-refractivity contribution >= 4 is 10.9 Å². The number of hydrogen-bond donors (Lipinski definition) is 4. The summed E-state index contributed by atoms with van der Waals surface area (Å²) in [6.07, 6.45) is 6.45. The maximum atomic E-state index is 10.6. The zero-order chi connectivity index (χ0) is 16.3. The van der Waals surface area contributed by atoms with Crippen molar-refractivity contribution in [1.29, 1.82) is 0 Å². The van der Waals surface area contributed by atoms with E-state index in [1.54, 1.807) is 0 Å². The number of hydrogen-bond acceptors (Lipinski definition) is 3. The summed E-state index contributed by atoms with van der Waals surface area (Å²) in [5.41, 5.74) is 7.30. The molecular weight excluding hydrogens is 288 g/mol. The number of rotatable bonds is 3. The second kappa shape index (κ2) is 6.76. The molecule has 3 rings (SSSR count). The Bertz CT molecular complexity index is 733. The predicted octanol–water partition coefficient (Wildman–Crippen LogP) is 2.60. The van der Waals surface area contributed by atoms with Gasteiger partial charge in [-0.2, -0.15) is 0 Å². The predicted molar refractivity (Wildman–Crippen MR) is 91.8 cm³/mol. The van der Waals surface area contributed by atoms with Crippen molar-refractivity contribution in [2.45, 2.75) is 50.2 Å². The lowest BCUT2D eigenvalue weighted by Gasteiger charge is -2.26. The molecule has 122 valence electrons. The minimum atomic E-state index is -0.868. The first-order valence-electron chi connectivity index (χ1n) is 8.37. The Morgan fingerprint density at radius 1 is 1.26 bits per heavy atom. The number of nitrogens with two attached hydrogens (primary N) is 1. The molecule has 4 heteroatoms. The molecule has 1 aromatic heterocycles. The maximum absolute atomic E-state index is 10.6. The highest BCUT2D eigenvalue weighted by molar-refractivity contribution is 5.89. The highest BCUT2D eigenvalue weighted by Gasteiger charge is 2.26. The van der Waals surface area contributed by atoms with Crippen LogP contribution in [0.4, 0.5) is 0 Å². The first kappa shape index (κ1) is 16.1. The summed E-state index contributed by atoms with van der Waals surface area (Å²) < 4.78 is 0. The Balaban J connectivity index is 1.99. The molecule has 1 unspecified atom stereocenters. The van der Waals surface area contributed by atoms with Crippen LogP contribution >= 0.6 is 0 Å². The molecule has 4 nitrogen and oxygen atoms in total. The third-order valence-electron chi connectivity index (χ3n) is 4.65. The Labute approximate surface area is 136 Å². The molecule has 0 aliphatic heterocycles. The molecule has 0 radical (unpaired) electrons. The van der Waals surface area contributed by atoms with Gasteiger partial charge < -0.3 is 20.9 Å². The SMILES string of the molecule is NCCC(O)c1c[nH]c2cccc(C#CC3(O)CCCCC3)c12. The molecule has 1 heterocycles. The summed E-state index contributed by atoms with van der Waals surface area (Å²) >= 11 is 0. The fraction of sp³-hybridized carbons (Fsp3) is 0.474. The van der Waals surface area contributed by atoms with Crippen LogP contribution in [-0.2, 0) is 0 Å². The van der Waals surface area contributed by atoms with E-state index >= 15 is 0 Å². The zero-order valence-corrected chi connectivity index (χ0v) is 13.3. The lowest BCUT2D eigenvalue weighted by molar-refractivity contribution is 0.0610. The van der Waals surface area contributed by atoms with Gasteiger partial charge in [-0.25, -0.2) is 0 Å². The molecule has 1 aliphatic carbocycles. The largest absolute Gasteiger partial charge is 0.388 e. The van der Waals surface area contributed by atoms with E-state index in [1.807, 2.05) is 24.4 Å². The Kier molecular flexibility index (Phi) is 4.72. The highest BCUT2D eigenvalue weighted by atomic mass is 16.3. The smallest absolute Gasteiger partial charge is 0.125 e. The zero-order valence-electron chi connectivity index (χ0n) is 13.3. The average Bonchev–Trinajstić information content (AvgIpc) is 2.99. The van der Waals surface area contributed by atoms with Gasteiger partial charge in [-0.05, 0) is 50.8 Å². The monoisotopic (exact) mass is 312 g/mol. The molecular formula is C19H24N2O2. The number of nitrogens with one attached hydrogen (secondary N) is 1. The Hall–Kier alpha value is -1.80. The number of aliphatic hydroxyl groups excluding tert-OH is 1. The second-order valence-electron chi connectivity index (χ2n) is 6.41. The molecule has 0 spiro atoms. The highest BCUT2D eigenvalue weighted by Crippen LogP contribution is 2.30. The molecule has 0 bridgehead atoms. The van der Waals surface area contributed by atoms with Crippen molar-refractivity contribution in [3.8, 4) is 11.8 Å². The van der Waals surface area contributed by atoms with E-state index in [0.717, 1.165) is 47.7 Å². The molecule has 1 fully saturated rings. The van der Waals surface area contributed by atoms with Crippen molar-refractivity contribution in [1.82, 2.24) is 4.98 Å². The van der Waals surface area contributed by atoms with Crippen LogP contribution in [0.3, 0.4) is 0 Å². The number of aliphatic hydroxyl groups is 2. The molecule has 1 saturated carbocycles. The standard InChI is InChI=1S/C19H24N2O2/c20-12-8-17(22)15-13-21-16-6-4-5-14(18(15)16)7-11-19(23)9-2-1-3-10-19/h4-6,13,17,21-23H,1-3,8-10,12,20H2. The molecule has 1 atom stereocenters. The average molecular weight is 312 g/mol. The summed E-state index contributed by atoms with van der Waals surface area (Å²) in [6.45, 7) is 0.432. The van der Waals surface area contributed by atoms with Gasteiger partial charge in [-0.3, -0.25) is 0 Å². The number of benzene rings is 1. The summed E-state index contributed by atoms with van der Waals surface area (Å²) in [5, 5.41) is 21.8. The van der Waals surface area contributed by atoms with Gasteiger partial charge in [-0.1, -0.05) is 24.3 Å².